The van der Waals surface area contributed by atoms with Crippen LogP contribution >= 0.6 is 0 Å². The molecule has 0 aromatic rings. The van der Waals surface area contributed by atoms with Gasteiger partial charge in [-0.05, 0) is 0 Å². The molecule has 0 aliphatic heterocycles. The molecule has 0 saturated heterocycles. The predicted octanol–water partition coefficient (Wildman–Crippen LogP) is 2.76. The van der Waals surface area contributed by atoms with Crippen LogP contribution in [0.1, 0.15) is 12.8 Å². The Balaban J connectivity index is 1.91. The molecule has 0 aromatic heterocycles. The van der Waals surface area contributed by atoms with Crippen LogP contribution in [0.2, 0.25) is 0 Å². The number of hydrogen-bond acceptors (Lipinski definition) is 0. The van der Waals surface area contributed by atoms with Crippen LogP contribution in [0.5, 0.6) is 0 Å². The molecule has 1 heteroatoms. The minimum absolute atomic E-state index is 0.526. The van der Waals surface area contributed by atoms with Crippen molar-refractivity contribution in [2.75, 3.05) is 0 Å². The number of allylic oxidation sites excluding steroid dienone is 8. The summed E-state index contributed by atoms with van der Waals surface area (Å²) in [7, 11) is 0. The average molecular weight is 274 g/mol. The second-order valence-corrected chi connectivity index (χ2v) is 7.70. The Kier molecular flexibility index (Phi) is 2.75. The van der Waals surface area contributed by atoms with E-state index < -0.39 is 36.7 Å². The molecule has 0 N–H and O–H groups in total. The predicted molar refractivity (Wildman–Crippen MR) is 43.7 cm³/mol. The summed E-state index contributed by atoms with van der Waals surface area (Å²) in [5.41, 5.74) is 0. The van der Waals surface area contributed by atoms with Crippen LogP contribution in [0.25, 0.3) is 0 Å². The third-order valence-corrected chi connectivity index (χ3v) is 6.30. The van der Waals surface area contributed by atoms with Crippen LogP contribution in [0.15, 0.2) is 38.9 Å². The zero-order chi connectivity index (χ0) is 7.52. The summed E-state index contributed by atoms with van der Waals surface area (Å²) >= 11 is -0.526. The zero-order valence-electron chi connectivity index (χ0n) is 6.38. The Morgan fingerprint density at radius 2 is 1.45 bits per heavy atom. The van der Waals surface area contributed by atoms with Crippen LogP contribution in [0.4, 0.5) is 0 Å². The van der Waals surface area contributed by atoms with Crippen molar-refractivity contribution in [3.63, 3.8) is 0 Å². The van der Waals surface area contributed by atoms with Crippen molar-refractivity contribution in [2.45, 2.75) is 12.8 Å². The maximum atomic E-state index is 2.32. The molecule has 0 heterocycles. The van der Waals surface area contributed by atoms with E-state index in [0.717, 1.165) is 0 Å². The van der Waals surface area contributed by atoms with Gasteiger partial charge >= 0.3 is 88.5 Å². The zero-order valence-corrected chi connectivity index (χ0v) is 9.59. The molecule has 0 amide bonds. The van der Waals surface area contributed by atoms with Gasteiger partial charge < -0.3 is 0 Å². The van der Waals surface area contributed by atoms with Gasteiger partial charge in [-0.2, -0.15) is 0 Å². The molecule has 0 radical (unpaired) electrons. The van der Waals surface area contributed by atoms with E-state index in [1.165, 1.54) is 12.8 Å². The van der Waals surface area contributed by atoms with E-state index in [2.05, 4.69) is 36.5 Å². The fourth-order valence-electron chi connectivity index (χ4n) is 1.29. The fourth-order valence-corrected chi connectivity index (χ4v) is 5.17. The standard InChI is InChI=1S/2C5H5.Nd/c2*1-2-4-5-3-1;/h2*1-3H,4H2;. The van der Waals surface area contributed by atoms with Gasteiger partial charge in [-0.15, -0.1) is 0 Å². The van der Waals surface area contributed by atoms with Crippen LogP contribution in [0.3, 0.4) is 0 Å². The quantitative estimate of drug-likeness (QED) is 0.726. The summed E-state index contributed by atoms with van der Waals surface area (Å²) in [5.74, 6) is 0. The third kappa shape index (κ3) is 2.12. The first-order chi connectivity index (χ1) is 5.45. The Morgan fingerprint density at radius 1 is 0.909 bits per heavy atom. The Bertz CT molecular complexity index is 239. The third-order valence-electron chi connectivity index (χ3n) is 1.86. The number of hydrogen-bond donors (Lipinski definition) is 0. The minimum atomic E-state index is -0.526. The van der Waals surface area contributed by atoms with Crippen LogP contribution in [0, 0.1) is 36.7 Å². The molecule has 0 atom stereocenters. The van der Waals surface area contributed by atoms with Gasteiger partial charge in [0, 0.05) is 0 Å². The van der Waals surface area contributed by atoms with Gasteiger partial charge in [0.05, 0.1) is 0 Å². The maximum absolute atomic E-state index is 2.32. The summed E-state index contributed by atoms with van der Waals surface area (Å²) in [4.78, 5) is 0. The monoisotopic (exact) mass is 272 g/mol. The SMILES string of the molecule is C1=CC[C]([Nd][C]2=CC=CC2)=C1. The van der Waals surface area contributed by atoms with Gasteiger partial charge in [0.25, 0.3) is 0 Å². The summed E-state index contributed by atoms with van der Waals surface area (Å²) in [5, 5.41) is 0. The van der Waals surface area contributed by atoms with Gasteiger partial charge in [0.15, 0.2) is 0 Å². The Labute approximate surface area is 87.5 Å². The van der Waals surface area contributed by atoms with Crippen molar-refractivity contribution in [1.82, 2.24) is 0 Å². The van der Waals surface area contributed by atoms with Gasteiger partial charge in [0.2, 0.25) is 0 Å². The van der Waals surface area contributed by atoms with Crippen molar-refractivity contribution >= 4 is 0 Å². The van der Waals surface area contributed by atoms with Gasteiger partial charge in [0.1, 0.15) is 0 Å². The van der Waals surface area contributed by atoms with E-state index in [4.69, 9.17) is 0 Å². The van der Waals surface area contributed by atoms with E-state index in [0.29, 0.717) is 0 Å². The van der Waals surface area contributed by atoms with Gasteiger partial charge in [-0.1, -0.05) is 0 Å². The summed E-state index contributed by atoms with van der Waals surface area (Å²) in [6.45, 7) is 0. The van der Waals surface area contributed by atoms with E-state index in [9.17, 15) is 0 Å². The van der Waals surface area contributed by atoms with Crippen LogP contribution in [-0.4, -0.2) is 0 Å². The van der Waals surface area contributed by atoms with E-state index >= 15 is 0 Å². The molecule has 2 rings (SSSR count). The van der Waals surface area contributed by atoms with E-state index in [1.807, 2.05) is 0 Å². The molecule has 2 aliphatic carbocycles. The first-order valence-electron chi connectivity index (χ1n) is 3.93. The van der Waals surface area contributed by atoms with Crippen molar-refractivity contribution in [1.29, 1.82) is 0 Å². The molecule has 0 unspecified atom stereocenters. The van der Waals surface area contributed by atoms with Crippen molar-refractivity contribution in [3.8, 4) is 0 Å². The second-order valence-electron chi connectivity index (χ2n) is 2.77. The Hall–Kier alpha value is 0.311. The van der Waals surface area contributed by atoms with Crippen LogP contribution in [-0.2, 0) is 0 Å². The molecule has 0 fully saturated rings. The molecule has 54 valence electrons. The first kappa shape index (κ1) is 7.93. The van der Waals surface area contributed by atoms with Gasteiger partial charge in [-0.25, -0.2) is 0 Å². The molecular weight excluding hydrogens is 264 g/mol. The topological polar surface area (TPSA) is 0 Å². The van der Waals surface area contributed by atoms with Crippen LogP contribution < -0.4 is 0 Å². The fraction of sp³-hybridized carbons (Fsp3) is 0.200. The van der Waals surface area contributed by atoms with E-state index in [1.54, 1.807) is 2.45 Å². The van der Waals surface area contributed by atoms with Crippen molar-refractivity contribution in [2.24, 2.45) is 0 Å². The van der Waals surface area contributed by atoms with Gasteiger partial charge in [-0.3, -0.25) is 0 Å². The molecule has 0 nitrogen and oxygen atoms in total. The molecular formula is C10H10Nd. The molecule has 0 bridgehead atoms. The molecule has 11 heavy (non-hydrogen) atoms. The summed E-state index contributed by atoms with van der Waals surface area (Å²) in [6, 6.07) is 0. The molecule has 0 aromatic carbocycles. The normalized spacial score (nSPS) is 20.4. The molecule has 2 aliphatic rings. The Morgan fingerprint density at radius 3 is 1.82 bits per heavy atom. The summed E-state index contributed by atoms with van der Waals surface area (Å²) in [6.07, 6.45) is 16.1. The first-order valence-corrected chi connectivity index (χ1v) is 7.14. The van der Waals surface area contributed by atoms with E-state index in [-0.39, 0.29) is 0 Å². The van der Waals surface area contributed by atoms with Crippen molar-refractivity contribution < 1.29 is 36.7 Å². The summed E-state index contributed by atoms with van der Waals surface area (Å²) < 4.78 is 3.50. The average Bonchev–Trinajstić information content (AvgIpc) is 2.60. The number of rotatable bonds is 2. The molecule has 0 spiro atoms. The second kappa shape index (κ2) is 3.81. The molecule has 0 saturated carbocycles. The van der Waals surface area contributed by atoms with Crippen molar-refractivity contribution in [3.05, 3.63) is 38.9 Å².